The van der Waals surface area contributed by atoms with Crippen molar-refractivity contribution in [1.82, 2.24) is 9.88 Å². The van der Waals surface area contributed by atoms with Crippen molar-refractivity contribution in [2.24, 2.45) is 0 Å². The van der Waals surface area contributed by atoms with E-state index in [4.69, 9.17) is 9.72 Å². The number of aromatic nitrogens is 1. The van der Waals surface area contributed by atoms with Crippen LogP contribution >= 0.6 is 0 Å². The zero-order chi connectivity index (χ0) is 23.3. The Kier molecular flexibility index (Phi) is 6.51. The van der Waals surface area contributed by atoms with Crippen LogP contribution in [0, 0.1) is 6.92 Å². The predicted molar refractivity (Wildman–Crippen MR) is 137 cm³/mol. The summed E-state index contributed by atoms with van der Waals surface area (Å²) in [5.74, 6) is 0. The summed E-state index contributed by atoms with van der Waals surface area (Å²) < 4.78 is 5.43. The summed E-state index contributed by atoms with van der Waals surface area (Å²) in [7, 11) is 0. The third kappa shape index (κ3) is 5.09. The second-order valence-corrected chi connectivity index (χ2v) is 8.58. The van der Waals surface area contributed by atoms with Gasteiger partial charge in [-0.05, 0) is 47.7 Å². The number of morpholine rings is 1. The average molecular weight is 453 g/mol. The minimum atomic E-state index is -0.266. The Balaban J connectivity index is 1.36. The third-order valence-electron chi connectivity index (χ3n) is 6.07. The predicted octanol–water partition coefficient (Wildman–Crippen LogP) is 5.69. The normalized spacial score (nSPS) is 14.1. The molecule has 0 aliphatic carbocycles. The molecular weight excluding hydrogens is 424 g/mol. The van der Waals surface area contributed by atoms with Gasteiger partial charge in [-0.25, -0.2) is 4.79 Å². The van der Waals surface area contributed by atoms with Crippen molar-refractivity contribution in [3.63, 3.8) is 0 Å². The molecule has 2 heterocycles. The number of ether oxygens (including phenoxy) is 1. The van der Waals surface area contributed by atoms with E-state index in [0.29, 0.717) is 0 Å². The number of carbonyl (C=O) groups excluding carboxylic acids is 1. The van der Waals surface area contributed by atoms with Gasteiger partial charge in [-0.3, -0.25) is 9.88 Å². The average Bonchev–Trinajstić information content (AvgIpc) is 2.85. The number of carbonyl (C=O) groups is 1. The van der Waals surface area contributed by atoms with Gasteiger partial charge in [0.15, 0.2) is 0 Å². The smallest absolute Gasteiger partial charge is 0.323 e. The molecule has 1 aliphatic rings. The molecule has 0 saturated carbocycles. The van der Waals surface area contributed by atoms with Crippen molar-refractivity contribution in [2.45, 2.75) is 13.5 Å². The van der Waals surface area contributed by atoms with Gasteiger partial charge >= 0.3 is 6.03 Å². The van der Waals surface area contributed by atoms with Crippen LogP contribution in [-0.2, 0) is 11.3 Å². The van der Waals surface area contributed by atoms with E-state index in [1.807, 2.05) is 67.7 Å². The standard InChI is InChI=1S/C28H28N4O2/c1-20-5-4-6-22(17-20)30-28(33)31-27-12-11-24(25-7-2-3-8-26(25)27)21-9-10-23(29-18-21)19-32-13-15-34-16-14-32/h2-12,17-18H,13-16,19H2,1H3,(H2,30,31,33). The number of benzene rings is 3. The number of aryl methyl sites for hydroxylation is 1. The van der Waals surface area contributed by atoms with Gasteiger partial charge in [0, 0.05) is 42.5 Å². The van der Waals surface area contributed by atoms with Crippen LogP contribution in [0.25, 0.3) is 21.9 Å². The van der Waals surface area contributed by atoms with Gasteiger partial charge in [-0.15, -0.1) is 0 Å². The van der Waals surface area contributed by atoms with E-state index in [9.17, 15) is 4.79 Å². The van der Waals surface area contributed by atoms with Crippen LogP contribution in [0.2, 0.25) is 0 Å². The highest BCUT2D eigenvalue weighted by molar-refractivity contribution is 6.09. The van der Waals surface area contributed by atoms with Crippen molar-refractivity contribution >= 4 is 28.2 Å². The van der Waals surface area contributed by atoms with E-state index < -0.39 is 0 Å². The van der Waals surface area contributed by atoms with Crippen molar-refractivity contribution in [1.29, 1.82) is 0 Å². The molecular formula is C28H28N4O2. The van der Waals surface area contributed by atoms with Gasteiger partial charge in [-0.2, -0.15) is 0 Å². The number of pyridine rings is 1. The summed E-state index contributed by atoms with van der Waals surface area (Å²) in [4.78, 5) is 19.7. The lowest BCUT2D eigenvalue weighted by molar-refractivity contribution is 0.0336. The highest BCUT2D eigenvalue weighted by Crippen LogP contribution is 2.33. The minimum Gasteiger partial charge on any atom is -0.379 e. The first kappa shape index (κ1) is 22.1. The zero-order valence-electron chi connectivity index (χ0n) is 19.3. The van der Waals surface area contributed by atoms with Crippen LogP contribution in [-0.4, -0.2) is 42.2 Å². The van der Waals surface area contributed by atoms with Crippen molar-refractivity contribution < 1.29 is 9.53 Å². The van der Waals surface area contributed by atoms with Crippen molar-refractivity contribution in [3.8, 4) is 11.1 Å². The van der Waals surface area contributed by atoms with Gasteiger partial charge in [0.05, 0.1) is 24.6 Å². The first-order valence-electron chi connectivity index (χ1n) is 11.6. The molecule has 0 unspecified atom stereocenters. The van der Waals surface area contributed by atoms with E-state index >= 15 is 0 Å². The highest BCUT2D eigenvalue weighted by atomic mass is 16.5. The molecule has 2 amide bonds. The number of hydrogen-bond acceptors (Lipinski definition) is 4. The van der Waals surface area contributed by atoms with Crippen LogP contribution in [0.1, 0.15) is 11.3 Å². The lowest BCUT2D eigenvalue weighted by Crippen LogP contribution is -2.35. The van der Waals surface area contributed by atoms with E-state index in [2.05, 4.69) is 33.7 Å². The second-order valence-electron chi connectivity index (χ2n) is 8.58. The highest BCUT2D eigenvalue weighted by Gasteiger charge is 2.13. The number of fused-ring (bicyclic) bond motifs is 1. The Hall–Kier alpha value is -3.74. The summed E-state index contributed by atoms with van der Waals surface area (Å²) in [6.07, 6.45) is 1.94. The maximum absolute atomic E-state index is 12.6. The first-order valence-corrected chi connectivity index (χ1v) is 11.6. The van der Waals surface area contributed by atoms with Crippen molar-refractivity contribution in [3.05, 3.63) is 90.3 Å². The van der Waals surface area contributed by atoms with Crippen molar-refractivity contribution in [2.75, 3.05) is 36.9 Å². The largest absolute Gasteiger partial charge is 0.379 e. The number of urea groups is 1. The van der Waals surface area contributed by atoms with Crippen LogP contribution in [0.5, 0.6) is 0 Å². The number of rotatable bonds is 5. The Bertz CT molecular complexity index is 1300. The van der Waals surface area contributed by atoms with Crippen LogP contribution in [0.4, 0.5) is 16.2 Å². The van der Waals surface area contributed by atoms with E-state index in [0.717, 1.165) is 77.4 Å². The fourth-order valence-electron chi connectivity index (χ4n) is 4.33. The molecule has 34 heavy (non-hydrogen) atoms. The number of amides is 2. The molecule has 1 fully saturated rings. The molecule has 0 atom stereocenters. The molecule has 6 nitrogen and oxygen atoms in total. The number of hydrogen-bond donors (Lipinski definition) is 2. The third-order valence-corrected chi connectivity index (χ3v) is 6.07. The summed E-state index contributed by atoms with van der Waals surface area (Å²) in [6, 6.07) is 23.8. The topological polar surface area (TPSA) is 66.5 Å². The fourth-order valence-corrected chi connectivity index (χ4v) is 4.33. The molecule has 4 aromatic rings. The molecule has 0 radical (unpaired) electrons. The number of nitrogens with one attached hydrogen (secondary N) is 2. The van der Waals surface area contributed by atoms with E-state index in [1.54, 1.807) is 0 Å². The fraction of sp³-hybridized carbons (Fsp3) is 0.214. The van der Waals surface area contributed by atoms with Gasteiger partial charge in [-0.1, -0.05) is 48.5 Å². The molecule has 2 N–H and O–H groups in total. The molecule has 3 aromatic carbocycles. The molecule has 6 heteroatoms. The summed E-state index contributed by atoms with van der Waals surface area (Å²) in [6.45, 7) is 6.30. The summed E-state index contributed by atoms with van der Waals surface area (Å²) in [5, 5.41) is 7.97. The number of nitrogens with zero attached hydrogens (tertiary/aromatic N) is 2. The van der Waals surface area contributed by atoms with E-state index in [1.165, 1.54) is 0 Å². The zero-order valence-corrected chi connectivity index (χ0v) is 19.3. The molecule has 5 rings (SSSR count). The molecule has 0 bridgehead atoms. The second kappa shape index (κ2) is 10.0. The van der Waals surface area contributed by atoms with Gasteiger partial charge < -0.3 is 15.4 Å². The molecule has 1 saturated heterocycles. The van der Waals surface area contributed by atoms with Gasteiger partial charge in [0.25, 0.3) is 0 Å². The van der Waals surface area contributed by atoms with Crippen LogP contribution in [0.15, 0.2) is 79.0 Å². The van der Waals surface area contributed by atoms with Gasteiger partial charge in [0.1, 0.15) is 0 Å². The quantitative estimate of drug-likeness (QED) is 0.408. The maximum atomic E-state index is 12.6. The lowest BCUT2D eigenvalue weighted by atomic mass is 9.98. The number of anilines is 2. The van der Waals surface area contributed by atoms with Crippen LogP contribution < -0.4 is 10.6 Å². The molecule has 1 aliphatic heterocycles. The summed E-state index contributed by atoms with van der Waals surface area (Å²) in [5.41, 5.74) is 5.82. The summed E-state index contributed by atoms with van der Waals surface area (Å²) >= 11 is 0. The minimum absolute atomic E-state index is 0.266. The molecule has 172 valence electrons. The molecule has 0 spiro atoms. The van der Waals surface area contributed by atoms with E-state index in [-0.39, 0.29) is 6.03 Å². The van der Waals surface area contributed by atoms with Crippen LogP contribution in [0.3, 0.4) is 0 Å². The Morgan fingerprint density at radius 1 is 0.941 bits per heavy atom. The Morgan fingerprint density at radius 2 is 1.76 bits per heavy atom. The molecule has 1 aromatic heterocycles. The Morgan fingerprint density at radius 3 is 2.53 bits per heavy atom. The Labute approximate surface area is 199 Å². The van der Waals surface area contributed by atoms with Gasteiger partial charge in [0.2, 0.25) is 0 Å². The first-order chi connectivity index (χ1) is 16.7. The monoisotopic (exact) mass is 452 g/mol. The SMILES string of the molecule is Cc1cccc(NC(=O)Nc2ccc(-c3ccc(CN4CCOCC4)nc3)c3ccccc23)c1. The lowest BCUT2D eigenvalue weighted by Gasteiger charge is -2.26. The maximum Gasteiger partial charge on any atom is 0.323 e.